The van der Waals surface area contributed by atoms with E-state index in [4.69, 9.17) is 5.11 Å². The normalized spacial score (nSPS) is 10.8. The molecule has 1 N–H and O–H groups in total. The zero-order valence-corrected chi connectivity index (χ0v) is 10.2. The van der Waals surface area contributed by atoms with E-state index >= 15 is 0 Å². The molecule has 0 saturated carbocycles. The van der Waals surface area contributed by atoms with E-state index in [1.807, 2.05) is 17.7 Å². The van der Waals surface area contributed by atoms with Gasteiger partial charge < -0.3 is 9.67 Å². The second-order valence-electron chi connectivity index (χ2n) is 3.67. The van der Waals surface area contributed by atoms with E-state index < -0.39 is 0 Å². The summed E-state index contributed by atoms with van der Waals surface area (Å²) in [6.07, 6.45) is 1.65. The fourth-order valence-electron chi connectivity index (χ4n) is 1.48. The third-order valence-corrected chi connectivity index (χ3v) is 3.58. The number of aromatic nitrogens is 2. The van der Waals surface area contributed by atoms with E-state index in [1.54, 1.807) is 12.3 Å². The maximum atomic E-state index is 13.0. The topological polar surface area (TPSA) is 38.0 Å². The zero-order chi connectivity index (χ0) is 12.3. The highest BCUT2D eigenvalue weighted by Gasteiger charge is 2.06. The predicted molar refractivity (Wildman–Crippen MR) is 65.1 cm³/mol. The molecule has 0 unspecified atom stereocenters. The Kier molecular flexibility index (Phi) is 3.81. The second-order valence-corrected chi connectivity index (χ2v) is 4.61. The third-order valence-electron chi connectivity index (χ3n) is 2.46. The Hall–Kier alpha value is -1.33. The first-order valence-electron chi connectivity index (χ1n) is 5.19. The Morgan fingerprint density at radius 3 is 2.94 bits per heavy atom. The summed E-state index contributed by atoms with van der Waals surface area (Å²) in [6.45, 7) is -0.0238. The lowest BCUT2D eigenvalue weighted by molar-refractivity contribution is 0.271. The lowest BCUT2D eigenvalue weighted by Crippen LogP contribution is -1.97. The van der Waals surface area contributed by atoms with Crippen LogP contribution in [0.2, 0.25) is 0 Å². The molecule has 0 aliphatic carbocycles. The Labute approximate surface area is 103 Å². The Bertz CT molecular complexity index is 513. The predicted octanol–water partition coefficient (Wildman–Crippen LogP) is 2.34. The van der Waals surface area contributed by atoms with Crippen molar-refractivity contribution in [3.05, 3.63) is 47.5 Å². The van der Waals surface area contributed by atoms with Gasteiger partial charge in [-0.05, 0) is 17.7 Å². The summed E-state index contributed by atoms with van der Waals surface area (Å²) in [5.41, 5.74) is 1.69. The smallest absolute Gasteiger partial charge is 0.168 e. The van der Waals surface area contributed by atoms with Crippen molar-refractivity contribution in [2.45, 2.75) is 17.5 Å². The van der Waals surface area contributed by atoms with Gasteiger partial charge in [-0.1, -0.05) is 23.9 Å². The molecule has 90 valence electrons. The van der Waals surface area contributed by atoms with Crippen LogP contribution < -0.4 is 0 Å². The number of rotatable bonds is 4. The molecular weight excluding hydrogens is 239 g/mol. The average molecular weight is 252 g/mol. The SMILES string of the molecule is Cn1c(CO)cnc1SCc1cccc(F)c1. The van der Waals surface area contributed by atoms with Crippen molar-refractivity contribution in [3.8, 4) is 0 Å². The van der Waals surface area contributed by atoms with Crippen LogP contribution in [0.15, 0.2) is 35.6 Å². The summed E-state index contributed by atoms with van der Waals surface area (Å²) < 4.78 is 14.8. The van der Waals surface area contributed by atoms with Gasteiger partial charge in [0.1, 0.15) is 5.82 Å². The molecule has 17 heavy (non-hydrogen) atoms. The molecule has 1 heterocycles. The molecule has 0 atom stereocenters. The van der Waals surface area contributed by atoms with Gasteiger partial charge in [0, 0.05) is 12.8 Å². The molecule has 0 radical (unpaired) electrons. The fourth-order valence-corrected chi connectivity index (χ4v) is 2.39. The van der Waals surface area contributed by atoms with E-state index in [0.717, 1.165) is 16.4 Å². The lowest BCUT2D eigenvalue weighted by Gasteiger charge is -2.04. The highest BCUT2D eigenvalue weighted by atomic mass is 32.2. The van der Waals surface area contributed by atoms with Crippen LogP contribution in [0.3, 0.4) is 0 Å². The van der Waals surface area contributed by atoms with Gasteiger partial charge in [-0.15, -0.1) is 0 Å². The van der Waals surface area contributed by atoms with E-state index in [2.05, 4.69) is 4.98 Å². The molecule has 1 aromatic carbocycles. The molecule has 5 heteroatoms. The van der Waals surface area contributed by atoms with Crippen molar-refractivity contribution >= 4 is 11.8 Å². The highest BCUT2D eigenvalue weighted by molar-refractivity contribution is 7.98. The maximum Gasteiger partial charge on any atom is 0.168 e. The monoisotopic (exact) mass is 252 g/mol. The second kappa shape index (κ2) is 5.33. The summed E-state index contributed by atoms with van der Waals surface area (Å²) >= 11 is 1.52. The first kappa shape index (κ1) is 12.1. The van der Waals surface area contributed by atoms with Gasteiger partial charge >= 0.3 is 0 Å². The van der Waals surface area contributed by atoms with Crippen LogP contribution in [-0.4, -0.2) is 14.7 Å². The first-order valence-corrected chi connectivity index (χ1v) is 6.18. The number of aliphatic hydroxyl groups is 1. The van der Waals surface area contributed by atoms with E-state index in [0.29, 0.717) is 5.75 Å². The van der Waals surface area contributed by atoms with Gasteiger partial charge in [-0.25, -0.2) is 9.37 Å². The average Bonchev–Trinajstić information content (AvgIpc) is 2.67. The van der Waals surface area contributed by atoms with Gasteiger partial charge in [0.15, 0.2) is 5.16 Å². The van der Waals surface area contributed by atoms with Crippen LogP contribution in [0, 0.1) is 5.82 Å². The van der Waals surface area contributed by atoms with Crippen LogP contribution in [0.5, 0.6) is 0 Å². The Morgan fingerprint density at radius 1 is 1.47 bits per heavy atom. The summed E-state index contributed by atoms with van der Waals surface area (Å²) in [7, 11) is 1.85. The largest absolute Gasteiger partial charge is 0.390 e. The number of hydrogen-bond donors (Lipinski definition) is 1. The molecular formula is C12H13FN2OS. The van der Waals surface area contributed by atoms with Crippen molar-refractivity contribution in [1.29, 1.82) is 0 Å². The number of hydrogen-bond acceptors (Lipinski definition) is 3. The quantitative estimate of drug-likeness (QED) is 0.849. The van der Waals surface area contributed by atoms with Crippen molar-refractivity contribution in [2.24, 2.45) is 7.05 Å². The van der Waals surface area contributed by atoms with Crippen LogP contribution in [0.4, 0.5) is 4.39 Å². The van der Waals surface area contributed by atoms with E-state index in [1.165, 1.54) is 23.9 Å². The molecule has 0 aliphatic heterocycles. The molecule has 0 saturated heterocycles. The molecule has 0 spiro atoms. The van der Waals surface area contributed by atoms with Crippen LogP contribution in [0.1, 0.15) is 11.3 Å². The van der Waals surface area contributed by atoms with Crippen molar-refractivity contribution in [2.75, 3.05) is 0 Å². The van der Waals surface area contributed by atoms with Gasteiger partial charge in [-0.3, -0.25) is 0 Å². The van der Waals surface area contributed by atoms with Gasteiger partial charge in [-0.2, -0.15) is 0 Å². The van der Waals surface area contributed by atoms with Crippen molar-refractivity contribution in [3.63, 3.8) is 0 Å². The number of nitrogens with zero attached hydrogens (tertiary/aromatic N) is 2. The van der Waals surface area contributed by atoms with Gasteiger partial charge in [0.05, 0.1) is 18.5 Å². The third kappa shape index (κ3) is 2.87. The van der Waals surface area contributed by atoms with Crippen LogP contribution >= 0.6 is 11.8 Å². The Morgan fingerprint density at radius 2 is 2.29 bits per heavy atom. The van der Waals surface area contributed by atoms with Gasteiger partial charge in [0.25, 0.3) is 0 Å². The minimum atomic E-state index is -0.223. The molecule has 2 aromatic rings. The molecule has 0 amide bonds. The maximum absolute atomic E-state index is 13.0. The number of thioether (sulfide) groups is 1. The number of imidazole rings is 1. The molecule has 0 bridgehead atoms. The molecule has 0 aliphatic rings. The van der Waals surface area contributed by atoms with Crippen LogP contribution in [-0.2, 0) is 19.4 Å². The fraction of sp³-hybridized carbons (Fsp3) is 0.250. The summed E-state index contributed by atoms with van der Waals surface area (Å²) in [5, 5.41) is 9.85. The summed E-state index contributed by atoms with van der Waals surface area (Å²) in [4.78, 5) is 4.20. The molecule has 2 rings (SSSR count). The molecule has 0 fully saturated rings. The number of benzene rings is 1. The molecule has 1 aromatic heterocycles. The van der Waals surface area contributed by atoms with Crippen LogP contribution in [0.25, 0.3) is 0 Å². The Balaban J connectivity index is 2.05. The van der Waals surface area contributed by atoms with E-state index in [-0.39, 0.29) is 12.4 Å². The lowest BCUT2D eigenvalue weighted by atomic mass is 10.2. The van der Waals surface area contributed by atoms with E-state index in [9.17, 15) is 4.39 Å². The first-order chi connectivity index (χ1) is 8.20. The highest BCUT2D eigenvalue weighted by Crippen LogP contribution is 2.22. The number of halogens is 1. The molecule has 3 nitrogen and oxygen atoms in total. The van der Waals surface area contributed by atoms with Crippen molar-refractivity contribution < 1.29 is 9.50 Å². The minimum Gasteiger partial charge on any atom is -0.390 e. The van der Waals surface area contributed by atoms with Crippen molar-refractivity contribution in [1.82, 2.24) is 9.55 Å². The summed E-state index contributed by atoms with van der Waals surface area (Å²) in [6, 6.07) is 6.52. The van der Waals surface area contributed by atoms with Gasteiger partial charge in [0.2, 0.25) is 0 Å². The zero-order valence-electron chi connectivity index (χ0n) is 9.43. The minimum absolute atomic E-state index is 0.0238. The number of aliphatic hydroxyl groups excluding tert-OH is 1. The summed E-state index contributed by atoms with van der Waals surface area (Å²) in [5.74, 6) is 0.437. The standard InChI is InChI=1S/C12H13FN2OS/c1-15-11(7-16)6-14-12(15)17-8-9-3-2-4-10(13)5-9/h2-6,16H,7-8H2,1H3.